The molecule has 0 aliphatic carbocycles. The van der Waals surface area contributed by atoms with E-state index in [0.29, 0.717) is 10.2 Å². The summed E-state index contributed by atoms with van der Waals surface area (Å²) in [5, 5.41) is 9.00. The summed E-state index contributed by atoms with van der Waals surface area (Å²) in [5.41, 5.74) is 3.25. The second kappa shape index (κ2) is 6.62. The number of rotatable bonds is 4. The molecule has 2 aromatic carbocycles. The first-order chi connectivity index (χ1) is 10.6. The van der Waals surface area contributed by atoms with E-state index in [1.807, 2.05) is 22.8 Å². The van der Waals surface area contributed by atoms with Crippen molar-refractivity contribution in [2.24, 2.45) is 0 Å². The zero-order valence-electron chi connectivity index (χ0n) is 11.8. The Labute approximate surface area is 140 Å². The molecule has 0 saturated heterocycles. The fourth-order valence-corrected chi connectivity index (χ4v) is 3.39. The van der Waals surface area contributed by atoms with Crippen molar-refractivity contribution in [3.8, 4) is 5.69 Å². The molecular formula is C16H13BrFN3S. The molecule has 1 aromatic heterocycles. The van der Waals surface area contributed by atoms with Gasteiger partial charge in [0.1, 0.15) is 12.1 Å². The topological polar surface area (TPSA) is 30.7 Å². The molecule has 1 heterocycles. The highest BCUT2D eigenvalue weighted by molar-refractivity contribution is 9.10. The second-order valence-corrected chi connectivity index (χ2v) is 6.60. The minimum Gasteiger partial charge on any atom is -0.276 e. The molecule has 0 aliphatic heterocycles. The van der Waals surface area contributed by atoms with Gasteiger partial charge in [0.05, 0.1) is 10.2 Å². The van der Waals surface area contributed by atoms with Crippen LogP contribution in [0.15, 0.2) is 58.4 Å². The summed E-state index contributed by atoms with van der Waals surface area (Å²) < 4.78 is 15.7. The molecule has 22 heavy (non-hydrogen) atoms. The van der Waals surface area contributed by atoms with Crippen molar-refractivity contribution in [3.05, 3.63) is 70.2 Å². The van der Waals surface area contributed by atoms with Gasteiger partial charge in [-0.3, -0.25) is 4.57 Å². The Morgan fingerprint density at radius 1 is 1.23 bits per heavy atom. The average Bonchev–Trinajstić information content (AvgIpc) is 2.97. The largest absolute Gasteiger partial charge is 0.276 e. The predicted molar refractivity (Wildman–Crippen MR) is 89.8 cm³/mol. The number of thioether (sulfide) groups is 1. The number of para-hydroxylation sites is 1. The van der Waals surface area contributed by atoms with Crippen molar-refractivity contribution < 1.29 is 4.39 Å². The molecule has 3 aromatic rings. The van der Waals surface area contributed by atoms with Crippen molar-refractivity contribution in [2.75, 3.05) is 0 Å². The molecule has 0 aliphatic rings. The molecule has 0 saturated carbocycles. The van der Waals surface area contributed by atoms with Crippen LogP contribution >= 0.6 is 27.7 Å². The Bertz CT molecular complexity index is 804. The molecule has 0 atom stereocenters. The van der Waals surface area contributed by atoms with Gasteiger partial charge in [-0.05, 0) is 52.2 Å². The fraction of sp³-hybridized carbons (Fsp3) is 0.125. The molecular weight excluding hydrogens is 365 g/mol. The van der Waals surface area contributed by atoms with Gasteiger partial charge in [-0.1, -0.05) is 36.0 Å². The number of hydrogen-bond donors (Lipinski definition) is 0. The third-order valence-corrected chi connectivity index (χ3v) is 4.87. The Morgan fingerprint density at radius 2 is 2.05 bits per heavy atom. The van der Waals surface area contributed by atoms with Gasteiger partial charge < -0.3 is 0 Å². The van der Waals surface area contributed by atoms with Crippen molar-refractivity contribution in [3.63, 3.8) is 0 Å². The molecule has 0 fully saturated rings. The normalized spacial score (nSPS) is 10.9. The van der Waals surface area contributed by atoms with E-state index in [-0.39, 0.29) is 5.82 Å². The summed E-state index contributed by atoms with van der Waals surface area (Å²) in [5.74, 6) is 0.445. The Hall–Kier alpha value is -1.66. The van der Waals surface area contributed by atoms with Crippen LogP contribution in [0.1, 0.15) is 11.1 Å². The zero-order valence-corrected chi connectivity index (χ0v) is 14.2. The molecule has 0 radical (unpaired) electrons. The molecule has 0 N–H and O–H groups in total. The summed E-state index contributed by atoms with van der Waals surface area (Å²) >= 11 is 4.78. The molecule has 0 spiro atoms. The Balaban J connectivity index is 1.81. The standard InChI is InChI=1S/C16H13BrFN3S/c1-11-4-2-3-5-15(11)21-10-19-20-16(21)22-9-12-6-7-14(18)13(17)8-12/h2-8,10H,9H2,1H3. The molecule has 0 amide bonds. The van der Waals surface area contributed by atoms with E-state index in [0.717, 1.165) is 22.0 Å². The van der Waals surface area contributed by atoms with E-state index in [2.05, 4.69) is 39.1 Å². The van der Waals surface area contributed by atoms with Gasteiger partial charge >= 0.3 is 0 Å². The first kappa shape index (κ1) is 15.2. The van der Waals surface area contributed by atoms with Crippen LogP contribution in [-0.4, -0.2) is 14.8 Å². The smallest absolute Gasteiger partial charge is 0.195 e. The molecule has 0 unspecified atom stereocenters. The maximum absolute atomic E-state index is 13.3. The minimum atomic E-state index is -0.253. The monoisotopic (exact) mass is 377 g/mol. The highest BCUT2D eigenvalue weighted by Crippen LogP contribution is 2.26. The number of aromatic nitrogens is 3. The lowest BCUT2D eigenvalue weighted by Crippen LogP contribution is -1.97. The van der Waals surface area contributed by atoms with Crippen molar-refractivity contribution in [2.45, 2.75) is 17.8 Å². The summed E-state index contributed by atoms with van der Waals surface area (Å²) in [6.07, 6.45) is 1.71. The van der Waals surface area contributed by atoms with Crippen LogP contribution in [-0.2, 0) is 5.75 Å². The van der Waals surface area contributed by atoms with E-state index >= 15 is 0 Å². The van der Waals surface area contributed by atoms with Crippen molar-refractivity contribution in [1.29, 1.82) is 0 Å². The summed E-state index contributed by atoms with van der Waals surface area (Å²) in [7, 11) is 0. The van der Waals surface area contributed by atoms with Crippen LogP contribution in [0.25, 0.3) is 5.69 Å². The summed E-state index contributed by atoms with van der Waals surface area (Å²) in [4.78, 5) is 0. The Morgan fingerprint density at radius 3 is 2.82 bits per heavy atom. The maximum atomic E-state index is 13.3. The third-order valence-electron chi connectivity index (χ3n) is 3.24. The van der Waals surface area contributed by atoms with E-state index in [9.17, 15) is 4.39 Å². The quantitative estimate of drug-likeness (QED) is 0.613. The minimum absolute atomic E-state index is 0.253. The summed E-state index contributed by atoms with van der Waals surface area (Å²) in [6, 6.07) is 13.1. The first-order valence-corrected chi connectivity index (χ1v) is 8.46. The number of nitrogens with zero attached hydrogens (tertiary/aromatic N) is 3. The SMILES string of the molecule is Cc1ccccc1-n1cnnc1SCc1ccc(F)c(Br)c1. The number of hydrogen-bond acceptors (Lipinski definition) is 3. The van der Waals surface area contributed by atoms with Gasteiger partial charge in [-0.2, -0.15) is 0 Å². The van der Waals surface area contributed by atoms with Crippen LogP contribution in [0.4, 0.5) is 4.39 Å². The lowest BCUT2D eigenvalue weighted by molar-refractivity contribution is 0.620. The summed E-state index contributed by atoms with van der Waals surface area (Å²) in [6.45, 7) is 2.06. The highest BCUT2D eigenvalue weighted by Gasteiger charge is 2.09. The predicted octanol–water partition coefficient (Wildman–Crippen LogP) is 4.77. The maximum Gasteiger partial charge on any atom is 0.195 e. The van der Waals surface area contributed by atoms with E-state index in [1.165, 1.54) is 6.07 Å². The van der Waals surface area contributed by atoms with E-state index in [1.54, 1.807) is 30.2 Å². The van der Waals surface area contributed by atoms with Crippen LogP contribution in [0, 0.1) is 12.7 Å². The second-order valence-electron chi connectivity index (χ2n) is 4.81. The highest BCUT2D eigenvalue weighted by atomic mass is 79.9. The lowest BCUT2D eigenvalue weighted by Gasteiger charge is -2.09. The van der Waals surface area contributed by atoms with Gasteiger partial charge in [-0.25, -0.2) is 4.39 Å². The van der Waals surface area contributed by atoms with Crippen LogP contribution in [0.5, 0.6) is 0 Å². The molecule has 3 rings (SSSR count). The van der Waals surface area contributed by atoms with Gasteiger partial charge in [0.2, 0.25) is 0 Å². The van der Waals surface area contributed by atoms with E-state index < -0.39 is 0 Å². The molecule has 6 heteroatoms. The molecule has 3 nitrogen and oxygen atoms in total. The van der Waals surface area contributed by atoms with Gasteiger partial charge in [0.25, 0.3) is 0 Å². The number of benzene rings is 2. The van der Waals surface area contributed by atoms with Gasteiger partial charge in [-0.15, -0.1) is 10.2 Å². The van der Waals surface area contributed by atoms with Gasteiger partial charge in [0, 0.05) is 5.75 Å². The lowest BCUT2D eigenvalue weighted by atomic mass is 10.2. The zero-order chi connectivity index (χ0) is 15.5. The fourth-order valence-electron chi connectivity index (χ4n) is 2.10. The van der Waals surface area contributed by atoms with Crippen LogP contribution < -0.4 is 0 Å². The Kier molecular flexibility index (Phi) is 4.59. The third kappa shape index (κ3) is 3.23. The van der Waals surface area contributed by atoms with Crippen molar-refractivity contribution >= 4 is 27.7 Å². The van der Waals surface area contributed by atoms with Crippen LogP contribution in [0.3, 0.4) is 0 Å². The van der Waals surface area contributed by atoms with Crippen molar-refractivity contribution in [1.82, 2.24) is 14.8 Å². The number of aryl methyl sites for hydroxylation is 1. The molecule has 112 valence electrons. The molecule has 0 bridgehead atoms. The van der Waals surface area contributed by atoms with Crippen LogP contribution in [0.2, 0.25) is 0 Å². The number of halogens is 2. The first-order valence-electron chi connectivity index (χ1n) is 6.68. The van der Waals surface area contributed by atoms with Gasteiger partial charge in [0.15, 0.2) is 5.16 Å². The average molecular weight is 378 g/mol. The van der Waals surface area contributed by atoms with E-state index in [4.69, 9.17) is 0 Å².